The van der Waals surface area contributed by atoms with Crippen LogP contribution in [0.4, 0.5) is 0 Å². The van der Waals surface area contributed by atoms with Gasteiger partial charge in [-0.05, 0) is 51.6 Å². The largest absolute Gasteiger partial charge is 0.339 e. The van der Waals surface area contributed by atoms with Crippen molar-refractivity contribution in [3.63, 3.8) is 0 Å². The Morgan fingerprint density at radius 2 is 1.78 bits per heavy atom. The predicted molar refractivity (Wildman–Crippen MR) is 74.5 cm³/mol. The molecule has 104 valence electrons. The van der Waals surface area contributed by atoms with E-state index in [1.54, 1.807) is 0 Å². The highest BCUT2D eigenvalue weighted by molar-refractivity contribution is 5.78. The van der Waals surface area contributed by atoms with Crippen LogP contribution in [0.2, 0.25) is 0 Å². The Labute approximate surface area is 112 Å². The molecular weight excluding hydrogens is 224 g/mol. The van der Waals surface area contributed by atoms with E-state index in [9.17, 15) is 4.79 Å². The van der Waals surface area contributed by atoms with E-state index in [1.807, 2.05) is 13.8 Å². The Hall–Kier alpha value is -0.570. The monoisotopic (exact) mass is 252 g/mol. The van der Waals surface area contributed by atoms with Gasteiger partial charge in [-0.15, -0.1) is 0 Å². The smallest absolute Gasteiger partial charge is 0.225 e. The van der Waals surface area contributed by atoms with Gasteiger partial charge in [-0.2, -0.15) is 0 Å². The van der Waals surface area contributed by atoms with Gasteiger partial charge in [0.15, 0.2) is 0 Å². The highest BCUT2D eigenvalue weighted by Crippen LogP contribution is 2.22. The van der Waals surface area contributed by atoms with Gasteiger partial charge in [0.25, 0.3) is 0 Å². The van der Waals surface area contributed by atoms with Crippen molar-refractivity contribution in [2.24, 2.45) is 5.92 Å². The summed E-state index contributed by atoms with van der Waals surface area (Å²) in [5.41, 5.74) is 0. The number of piperidine rings is 1. The van der Waals surface area contributed by atoms with Gasteiger partial charge in [-0.1, -0.05) is 13.8 Å². The third kappa shape index (κ3) is 3.47. The van der Waals surface area contributed by atoms with Crippen molar-refractivity contribution >= 4 is 5.91 Å². The number of amides is 1. The summed E-state index contributed by atoms with van der Waals surface area (Å²) in [6.45, 7) is 8.76. The van der Waals surface area contributed by atoms with Crippen LogP contribution in [0.25, 0.3) is 0 Å². The van der Waals surface area contributed by atoms with Crippen molar-refractivity contribution in [2.45, 2.75) is 58.4 Å². The lowest BCUT2D eigenvalue weighted by Gasteiger charge is -2.37. The summed E-state index contributed by atoms with van der Waals surface area (Å²) in [4.78, 5) is 16.9. The van der Waals surface area contributed by atoms with Gasteiger partial charge in [-0.25, -0.2) is 0 Å². The predicted octanol–water partition coefficient (Wildman–Crippen LogP) is 2.51. The maximum atomic E-state index is 12.2. The van der Waals surface area contributed by atoms with E-state index in [0.717, 1.165) is 6.54 Å². The molecule has 2 fully saturated rings. The summed E-state index contributed by atoms with van der Waals surface area (Å²) < 4.78 is 0. The number of carbonyl (C=O) groups excluding carboxylic acids is 1. The Balaban J connectivity index is 1.84. The number of carbonyl (C=O) groups is 1. The maximum Gasteiger partial charge on any atom is 0.225 e. The van der Waals surface area contributed by atoms with Gasteiger partial charge in [-0.3, -0.25) is 4.79 Å². The van der Waals surface area contributed by atoms with Gasteiger partial charge in [0.1, 0.15) is 0 Å². The number of hydrogen-bond donors (Lipinski definition) is 0. The molecule has 0 radical (unpaired) electrons. The minimum Gasteiger partial charge on any atom is -0.339 e. The zero-order valence-electron chi connectivity index (χ0n) is 12.0. The fraction of sp³-hybridized carbons (Fsp3) is 0.933. The van der Waals surface area contributed by atoms with E-state index in [4.69, 9.17) is 0 Å². The van der Waals surface area contributed by atoms with Crippen molar-refractivity contribution in [2.75, 3.05) is 26.2 Å². The molecule has 2 saturated heterocycles. The van der Waals surface area contributed by atoms with E-state index < -0.39 is 0 Å². The van der Waals surface area contributed by atoms with Gasteiger partial charge >= 0.3 is 0 Å². The second-order valence-corrected chi connectivity index (χ2v) is 6.17. The van der Waals surface area contributed by atoms with Gasteiger partial charge in [0, 0.05) is 25.0 Å². The molecule has 0 aromatic carbocycles. The molecule has 0 spiro atoms. The number of likely N-dealkylation sites (tertiary alicyclic amines) is 2. The summed E-state index contributed by atoms with van der Waals surface area (Å²) in [5.74, 6) is 0.513. The highest BCUT2D eigenvalue weighted by Gasteiger charge is 2.28. The average molecular weight is 252 g/mol. The molecule has 2 aliphatic rings. The highest BCUT2D eigenvalue weighted by atomic mass is 16.2. The summed E-state index contributed by atoms with van der Waals surface area (Å²) in [5, 5.41) is 0. The first-order chi connectivity index (χ1) is 8.68. The zero-order valence-corrected chi connectivity index (χ0v) is 12.0. The molecule has 3 nitrogen and oxygen atoms in total. The lowest BCUT2D eigenvalue weighted by Crippen LogP contribution is -2.46. The molecule has 0 saturated carbocycles. The summed E-state index contributed by atoms with van der Waals surface area (Å²) in [7, 11) is 0. The Morgan fingerprint density at radius 1 is 1.11 bits per heavy atom. The van der Waals surface area contributed by atoms with Crippen LogP contribution in [0.1, 0.15) is 52.4 Å². The quantitative estimate of drug-likeness (QED) is 0.767. The van der Waals surface area contributed by atoms with Crippen LogP contribution < -0.4 is 0 Å². The maximum absolute atomic E-state index is 12.2. The van der Waals surface area contributed by atoms with Crippen LogP contribution in [0.5, 0.6) is 0 Å². The lowest BCUT2D eigenvalue weighted by atomic mass is 9.97. The molecular formula is C15H28N2O. The molecule has 1 atom stereocenters. The van der Waals surface area contributed by atoms with Gasteiger partial charge in [0.2, 0.25) is 5.91 Å². The van der Waals surface area contributed by atoms with Crippen molar-refractivity contribution in [1.29, 1.82) is 0 Å². The SMILES string of the molecule is CC(C)C(=O)N1CCCC[C@H]1CCN1CCCC1. The van der Waals surface area contributed by atoms with Crippen LogP contribution in [0, 0.1) is 5.92 Å². The molecule has 0 aromatic rings. The first-order valence-electron chi connectivity index (χ1n) is 7.71. The molecule has 2 heterocycles. The molecule has 2 aliphatic heterocycles. The molecule has 3 heteroatoms. The van der Waals surface area contributed by atoms with Crippen LogP contribution in [-0.4, -0.2) is 47.9 Å². The standard InChI is InChI=1S/C15H28N2O/c1-13(2)15(18)17-11-4-3-7-14(17)8-12-16-9-5-6-10-16/h13-14H,3-12H2,1-2H3/t14-/m0/s1. The second kappa shape index (κ2) is 6.55. The third-order valence-corrected chi connectivity index (χ3v) is 4.38. The van der Waals surface area contributed by atoms with E-state index in [2.05, 4.69) is 9.80 Å². The number of nitrogens with zero attached hydrogens (tertiary/aromatic N) is 2. The van der Waals surface area contributed by atoms with Crippen LogP contribution in [0.15, 0.2) is 0 Å². The van der Waals surface area contributed by atoms with Crippen molar-refractivity contribution in [3.05, 3.63) is 0 Å². The van der Waals surface area contributed by atoms with Gasteiger partial charge in [0.05, 0.1) is 0 Å². The molecule has 0 unspecified atom stereocenters. The average Bonchev–Trinajstić information content (AvgIpc) is 2.89. The number of hydrogen-bond acceptors (Lipinski definition) is 2. The van der Waals surface area contributed by atoms with E-state index >= 15 is 0 Å². The summed E-state index contributed by atoms with van der Waals surface area (Å²) >= 11 is 0. The molecule has 0 aromatic heterocycles. The third-order valence-electron chi connectivity index (χ3n) is 4.38. The summed E-state index contributed by atoms with van der Waals surface area (Å²) in [6.07, 6.45) is 7.61. The van der Waals surface area contributed by atoms with Crippen LogP contribution in [0.3, 0.4) is 0 Å². The van der Waals surface area contributed by atoms with E-state index in [1.165, 1.54) is 58.2 Å². The molecule has 18 heavy (non-hydrogen) atoms. The molecule has 0 bridgehead atoms. The number of rotatable bonds is 4. The second-order valence-electron chi connectivity index (χ2n) is 6.17. The Kier molecular flexibility index (Phi) is 5.04. The van der Waals surface area contributed by atoms with Crippen molar-refractivity contribution in [3.8, 4) is 0 Å². The Bertz CT molecular complexity index is 272. The fourth-order valence-electron chi connectivity index (χ4n) is 3.26. The minimum atomic E-state index is 0.150. The topological polar surface area (TPSA) is 23.6 Å². The van der Waals surface area contributed by atoms with E-state index in [0.29, 0.717) is 11.9 Å². The van der Waals surface area contributed by atoms with Crippen molar-refractivity contribution in [1.82, 2.24) is 9.80 Å². The van der Waals surface area contributed by atoms with E-state index in [-0.39, 0.29) is 5.92 Å². The summed E-state index contributed by atoms with van der Waals surface area (Å²) in [6, 6.07) is 0.509. The first kappa shape index (κ1) is 13.9. The normalized spacial score (nSPS) is 25.9. The molecule has 0 aliphatic carbocycles. The van der Waals surface area contributed by atoms with Crippen LogP contribution in [-0.2, 0) is 4.79 Å². The molecule has 1 amide bonds. The molecule has 0 N–H and O–H groups in total. The first-order valence-corrected chi connectivity index (χ1v) is 7.71. The zero-order chi connectivity index (χ0) is 13.0. The minimum absolute atomic E-state index is 0.150. The Morgan fingerprint density at radius 3 is 2.44 bits per heavy atom. The van der Waals surface area contributed by atoms with Crippen LogP contribution >= 0.6 is 0 Å². The van der Waals surface area contributed by atoms with Crippen molar-refractivity contribution < 1.29 is 4.79 Å². The lowest BCUT2D eigenvalue weighted by molar-refractivity contribution is -0.138. The molecule has 2 rings (SSSR count). The fourth-order valence-corrected chi connectivity index (χ4v) is 3.26. The van der Waals surface area contributed by atoms with Gasteiger partial charge < -0.3 is 9.80 Å².